The highest BCUT2D eigenvalue weighted by molar-refractivity contribution is 14.0. The van der Waals surface area contributed by atoms with Crippen molar-refractivity contribution in [2.45, 2.75) is 13.1 Å². The fourth-order valence-corrected chi connectivity index (χ4v) is 2.33. The van der Waals surface area contributed by atoms with Gasteiger partial charge in [-0.1, -0.05) is 12.1 Å². The number of aliphatic imine (C=N–C) groups is 1. The molecule has 0 fully saturated rings. The number of guanidine groups is 1. The van der Waals surface area contributed by atoms with E-state index in [2.05, 4.69) is 21.7 Å². The van der Waals surface area contributed by atoms with Crippen LogP contribution >= 0.6 is 24.0 Å². The Balaban J connectivity index is 0.00000338. The minimum atomic E-state index is 0. The molecule has 0 atom stereocenters. The van der Waals surface area contributed by atoms with Gasteiger partial charge in [0, 0.05) is 31.8 Å². The first kappa shape index (κ1) is 21.6. The maximum Gasteiger partial charge on any atom is 0.191 e. The summed E-state index contributed by atoms with van der Waals surface area (Å²) in [7, 11) is 4.97. The predicted molar refractivity (Wildman–Crippen MR) is 113 cm³/mol. The molecule has 0 spiro atoms. The van der Waals surface area contributed by atoms with Gasteiger partial charge in [0.2, 0.25) is 0 Å². The van der Waals surface area contributed by atoms with Gasteiger partial charge in [0.25, 0.3) is 0 Å². The lowest BCUT2D eigenvalue weighted by molar-refractivity contribution is 0.390. The zero-order valence-corrected chi connectivity index (χ0v) is 17.4. The van der Waals surface area contributed by atoms with Crippen molar-refractivity contribution < 1.29 is 9.47 Å². The molecule has 2 rings (SSSR count). The van der Waals surface area contributed by atoms with Crippen molar-refractivity contribution in [2.75, 3.05) is 21.3 Å². The molecule has 2 aromatic rings. The molecule has 0 aliphatic rings. The molecule has 2 aromatic carbocycles. The molecule has 0 aromatic heterocycles. The van der Waals surface area contributed by atoms with Gasteiger partial charge in [-0.15, -0.1) is 24.0 Å². The van der Waals surface area contributed by atoms with E-state index < -0.39 is 0 Å². The second kappa shape index (κ2) is 11.2. The van der Waals surface area contributed by atoms with Gasteiger partial charge in [-0.2, -0.15) is 5.26 Å². The van der Waals surface area contributed by atoms with Crippen LogP contribution in [0.1, 0.15) is 16.7 Å². The van der Waals surface area contributed by atoms with Crippen molar-refractivity contribution in [2.24, 2.45) is 4.99 Å². The summed E-state index contributed by atoms with van der Waals surface area (Å²) < 4.78 is 10.6. The summed E-state index contributed by atoms with van der Waals surface area (Å²) in [6.07, 6.45) is 0. The summed E-state index contributed by atoms with van der Waals surface area (Å²) in [4.78, 5) is 4.21. The van der Waals surface area contributed by atoms with E-state index in [1.165, 1.54) is 0 Å². The van der Waals surface area contributed by atoms with Gasteiger partial charge < -0.3 is 20.1 Å². The molecule has 2 N–H and O–H groups in total. The third kappa shape index (κ3) is 6.11. The van der Waals surface area contributed by atoms with Gasteiger partial charge in [0.15, 0.2) is 5.96 Å². The maximum absolute atomic E-state index is 8.96. The van der Waals surface area contributed by atoms with Crippen LogP contribution in [0.5, 0.6) is 11.5 Å². The van der Waals surface area contributed by atoms with Crippen LogP contribution in [0.3, 0.4) is 0 Å². The van der Waals surface area contributed by atoms with E-state index in [-0.39, 0.29) is 24.0 Å². The van der Waals surface area contributed by atoms with E-state index in [1.807, 2.05) is 36.4 Å². The van der Waals surface area contributed by atoms with E-state index in [0.717, 1.165) is 22.6 Å². The smallest absolute Gasteiger partial charge is 0.191 e. The molecular formula is C19H23IN4O2. The summed E-state index contributed by atoms with van der Waals surface area (Å²) >= 11 is 0. The number of rotatable bonds is 6. The lowest BCUT2D eigenvalue weighted by atomic mass is 10.1. The molecule has 0 amide bonds. The number of benzene rings is 2. The molecule has 0 aliphatic heterocycles. The molecule has 7 heteroatoms. The Bertz CT molecular complexity index is 787. The topological polar surface area (TPSA) is 78.7 Å². The Hall–Kier alpha value is -2.47. The van der Waals surface area contributed by atoms with Crippen molar-refractivity contribution in [3.63, 3.8) is 0 Å². The number of nitriles is 1. The zero-order valence-electron chi connectivity index (χ0n) is 15.1. The number of nitrogens with zero attached hydrogens (tertiary/aromatic N) is 2. The second-order valence-electron chi connectivity index (χ2n) is 5.27. The van der Waals surface area contributed by atoms with E-state index in [9.17, 15) is 0 Å². The van der Waals surface area contributed by atoms with E-state index in [0.29, 0.717) is 24.6 Å². The monoisotopic (exact) mass is 466 g/mol. The maximum atomic E-state index is 8.96. The third-order valence-electron chi connectivity index (χ3n) is 3.68. The summed E-state index contributed by atoms with van der Waals surface area (Å²) in [6, 6.07) is 15.3. The van der Waals surface area contributed by atoms with Gasteiger partial charge in [0.05, 0.1) is 25.9 Å². The summed E-state index contributed by atoms with van der Waals surface area (Å²) in [5.41, 5.74) is 2.66. The van der Waals surface area contributed by atoms with Crippen molar-refractivity contribution >= 4 is 29.9 Å². The first-order chi connectivity index (χ1) is 12.2. The molecule has 26 heavy (non-hydrogen) atoms. The fourth-order valence-electron chi connectivity index (χ4n) is 2.33. The van der Waals surface area contributed by atoms with Crippen LogP contribution in [-0.4, -0.2) is 27.2 Å². The highest BCUT2D eigenvalue weighted by Crippen LogP contribution is 2.24. The molecule has 138 valence electrons. The van der Waals surface area contributed by atoms with E-state index >= 15 is 0 Å². The van der Waals surface area contributed by atoms with E-state index in [4.69, 9.17) is 14.7 Å². The first-order valence-corrected chi connectivity index (χ1v) is 7.84. The second-order valence-corrected chi connectivity index (χ2v) is 5.27. The minimum absolute atomic E-state index is 0. The Morgan fingerprint density at radius 2 is 1.85 bits per heavy atom. The molecular weight excluding hydrogens is 443 g/mol. The number of halogens is 1. The fraction of sp³-hybridized carbons (Fsp3) is 0.263. The van der Waals surface area contributed by atoms with E-state index in [1.54, 1.807) is 27.3 Å². The number of hydrogen-bond acceptors (Lipinski definition) is 4. The van der Waals surface area contributed by atoms with Gasteiger partial charge >= 0.3 is 0 Å². The number of hydrogen-bond donors (Lipinski definition) is 2. The number of ether oxygens (including phenoxy) is 2. The van der Waals surface area contributed by atoms with Gasteiger partial charge in [-0.25, -0.2) is 0 Å². The first-order valence-electron chi connectivity index (χ1n) is 7.84. The lowest BCUT2D eigenvalue weighted by Crippen LogP contribution is -2.36. The Morgan fingerprint density at radius 1 is 1.08 bits per heavy atom. The van der Waals surface area contributed by atoms with Crippen LogP contribution < -0.4 is 20.1 Å². The number of methoxy groups -OCH3 is 2. The van der Waals surface area contributed by atoms with Crippen molar-refractivity contribution in [1.82, 2.24) is 10.6 Å². The normalized spacial score (nSPS) is 10.3. The summed E-state index contributed by atoms with van der Waals surface area (Å²) in [5.74, 6) is 2.17. The van der Waals surface area contributed by atoms with Crippen molar-refractivity contribution in [3.8, 4) is 17.6 Å². The predicted octanol–water partition coefficient (Wildman–Crippen LogP) is 3.06. The quantitative estimate of drug-likeness (QED) is 0.389. The lowest BCUT2D eigenvalue weighted by Gasteiger charge is -2.14. The molecule has 6 nitrogen and oxygen atoms in total. The summed E-state index contributed by atoms with van der Waals surface area (Å²) in [6.45, 7) is 1.14. The summed E-state index contributed by atoms with van der Waals surface area (Å²) in [5, 5.41) is 15.4. The van der Waals surface area contributed by atoms with Crippen LogP contribution in [0.25, 0.3) is 0 Å². The highest BCUT2D eigenvalue weighted by atomic mass is 127. The molecule has 0 heterocycles. The largest absolute Gasteiger partial charge is 0.497 e. The Labute approximate surface area is 171 Å². The Morgan fingerprint density at radius 3 is 2.50 bits per heavy atom. The van der Waals surface area contributed by atoms with Crippen LogP contribution in [0, 0.1) is 11.3 Å². The zero-order chi connectivity index (χ0) is 18.1. The number of nitrogens with one attached hydrogen (secondary N) is 2. The van der Waals surface area contributed by atoms with Crippen molar-refractivity contribution in [1.29, 1.82) is 5.26 Å². The van der Waals surface area contributed by atoms with Gasteiger partial charge in [-0.05, 0) is 29.8 Å². The Kier molecular flexibility index (Phi) is 9.30. The van der Waals surface area contributed by atoms with Gasteiger partial charge in [-0.3, -0.25) is 4.99 Å². The molecule has 0 saturated carbocycles. The average molecular weight is 466 g/mol. The van der Waals surface area contributed by atoms with Crippen LogP contribution in [0.15, 0.2) is 47.5 Å². The standard InChI is InChI=1S/C19H22N4O2.HI/c1-21-19(22-12-15-6-4-5-14(9-15)11-20)23-13-16-7-8-17(24-2)10-18(16)25-3;/h4-10H,12-13H2,1-3H3,(H2,21,22,23);1H. The third-order valence-corrected chi connectivity index (χ3v) is 3.68. The van der Waals surface area contributed by atoms with Crippen molar-refractivity contribution in [3.05, 3.63) is 59.2 Å². The minimum Gasteiger partial charge on any atom is -0.497 e. The highest BCUT2D eigenvalue weighted by Gasteiger charge is 2.06. The molecule has 0 unspecified atom stereocenters. The molecule has 0 saturated heterocycles. The SMILES string of the molecule is CN=C(NCc1cccc(C#N)c1)NCc1ccc(OC)cc1OC.I. The molecule has 0 aliphatic carbocycles. The van der Waals surface area contributed by atoms with Crippen LogP contribution in [0.2, 0.25) is 0 Å². The molecule has 0 bridgehead atoms. The van der Waals surface area contributed by atoms with Gasteiger partial charge in [0.1, 0.15) is 11.5 Å². The average Bonchev–Trinajstić information content (AvgIpc) is 2.68. The molecule has 0 radical (unpaired) electrons. The van der Waals surface area contributed by atoms with Crippen LogP contribution in [0.4, 0.5) is 0 Å². The van der Waals surface area contributed by atoms with Crippen LogP contribution in [-0.2, 0) is 13.1 Å².